The fourth-order valence-electron chi connectivity index (χ4n) is 4.13. The Bertz CT molecular complexity index is 1180. The summed E-state index contributed by atoms with van der Waals surface area (Å²) in [6, 6.07) is 17.1. The van der Waals surface area contributed by atoms with Crippen LogP contribution < -0.4 is 16.0 Å². The minimum atomic E-state index is -0.996. The van der Waals surface area contributed by atoms with Crippen molar-refractivity contribution < 1.29 is 33.8 Å². The molecule has 3 amide bonds. The summed E-state index contributed by atoms with van der Waals surface area (Å²) in [6.45, 7) is 1.41. The van der Waals surface area contributed by atoms with E-state index in [1.807, 2.05) is 60.7 Å². The monoisotopic (exact) mass is 597 g/mol. The molecule has 4 atom stereocenters. The standard InChI is InChI=1S/C31H39N3O7S/c1-22(17-35)32-28(36)16-25-14-8-9-15-27(34-31(39)41-18-23-10-4-2-5-11-23)30(38)40-19-26(33-29(25)37)21-42-20-24-12-6-3-7-13-24/h2-13,22,25-27,35H,14-21H2,1H3,(H,32,36)(H,33,37)(H,34,39)/t22-,25+,26+,27+/m0/s1. The number of aliphatic hydroxyl groups is 1. The maximum Gasteiger partial charge on any atom is 0.408 e. The van der Waals surface area contributed by atoms with Gasteiger partial charge in [0.2, 0.25) is 11.8 Å². The van der Waals surface area contributed by atoms with E-state index in [0.29, 0.717) is 11.5 Å². The fourth-order valence-corrected chi connectivity index (χ4v) is 5.14. The Morgan fingerprint density at radius 1 is 1.05 bits per heavy atom. The summed E-state index contributed by atoms with van der Waals surface area (Å²) in [5.74, 6) is -0.829. The third-order valence-corrected chi connectivity index (χ3v) is 7.61. The molecule has 1 heterocycles. The number of carbonyl (C=O) groups is 4. The van der Waals surface area contributed by atoms with Gasteiger partial charge in [-0.2, -0.15) is 11.8 Å². The molecule has 42 heavy (non-hydrogen) atoms. The molecule has 0 unspecified atom stereocenters. The Hall–Kier alpha value is -3.83. The smallest absolute Gasteiger partial charge is 0.408 e. The minimum absolute atomic E-state index is 0.0513. The first kappa shape index (κ1) is 32.7. The number of esters is 1. The average molecular weight is 598 g/mol. The Labute approximate surface area is 250 Å². The molecule has 226 valence electrons. The Balaban J connectivity index is 1.68. The van der Waals surface area contributed by atoms with Crippen molar-refractivity contribution in [1.82, 2.24) is 16.0 Å². The Morgan fingerprint density at radius 2 is 1.71 bits per heavy atom. The quantitative estimate of drug-likeness (QED) is 0.229. The van der Waals surface area contributed by atoms with Gasteiger partial charge in [0.1, 0.15) is 19.3 Å². The Morgan fingerprint density at radius 3 is 2.40 bits per heavy atom. The number of allylic oxidation sites excluding steroid dienone is 1. The van der Waals surface area contributed by atoms with Crippen molar-refractivity contribution >= 4 is 35.6 Å². The molecule has 0 saturated carbocycles. The zero-order chi connectivity index (χ0) is 30.2. The summed E-state index contributed by atoms with van der Waals surface area (Å²) in [5, 5.41) is 17.5. The van der Waals surface area contributed by atoms with Crippen LogP contribution in [0.15, 0.2) is 72.8 Å². The zero-order valence-corrected chi connectivity index (χ0v) is 24.5. The van der Waals surface area contributed by atoms with Gasteiger partial charge in [0.25, 0.3) is 0 Å². The number of amides is 3. The van der Waals surface area contributed by atoms with E-state index in [4.69, 9.17) is 9.47 Å². The van der Waals surface area contributed by atoms with Gasteiger partial charge in [-0.15, -0.1) is 0 Å². The number of cyclic esters (lactones) is 1. The Kier molecular flexibility index (Phi) is 13.9. The number of nitrogens with one attached hydrogen (secondary N) is 3. The van der Waals surface area contributed by atoms with E-state index in [1.54, 1.807) is 30.8 Å². The highest BCUT2D eigenvalue weighted by atomic mass is 32.2. The minimum Gasteiger partial charge on any atom is -0.462 e. The molecule has 0 aliphatic carbocycles. The number of ether oxygens (including phenoxy) is 2. The van der Waals surface area contributed by atoms with Crippen molar-refractivity contribution in [3.05, 3.63) is 83.9 Å². The average Bonchev–Trinajstić information content (AvgIpc) is 2.99. The lowest BCUT2D eigenvalue weighted by Gasteiger charge is -2.24. The molecule has 2 aromatic carbocycles. The van der Waals surface area contributed by atoms with Crippen LogP contribution in [-0.4, -0.2) is 66.1 Å². The van der Waals surface area contributed by atoms with Crippen LogP contribution in [0, 0.1) is 5.92 Å². The van der Waals surface area contributed by atoms with Crippen LogP contribution in [0.2, 0.25) is 0 Å². The molecular weight excluding hydrogens is 558 g/mol. The first-order chi connectivity index (χ1) is 20.3. The van der Waals surface area contributed by atoms with E-state index >= 15 is 0 Å². The largest absolute Gasteiger partial charge is 0.462 e. The van der Waals surface area contributed by atoms with Gasteiger partial charge in [-0.25, -0.2) is 9.59 Å². The van der Waals surface area contributed by atoms with Crippen LogP contribution in [0.5, 0.6) is 0 Å². The van der Waals surface area contributed by atoms with Gasteiger partial charge in [-0.3, -0.25) is 9.59 Å². The summed E-state index contributed by atoms with van der Waals surface area (Å²) in [7, 11) is 0. The van der Waals surface area contributed by atoms with Crippen LogP contribution in [0.1, 0.15) is 37.3 Å². The van der Waals surface area contributed by atoms with Crippen molar-refractivity contribution in [3.8, 4) is 0 Å². The van der Waals surface area contributed by atoms with Crippen molar-refractivity contribution in [2.45, 2.75) is 56.7 Å². The second-order valence-electron chi connectivity index (χ2n) is 10.1. The van der Waals surface area contributed by atoms with Gasteiger partial charge < -0.3 is 30.5 Å². The summed E-state index contributed by atoms with van der Waals surface area (Å²) in [6.07, 6.45) is 2.93. The van der Waals surface area contributed by atoms with E-state index in [1.165, 1.54) is 0 Å². The molecule has 0 fully saturated rings. The second-order valence-corrected chi connectivity index (χ2v) is 11.1. The summed E-state index contributed by atoms with van der Waals surface area (Å²) in [4.78, 5) is 51.2. The molecule has 0 aromatic heterocycles. The van der Waals surface area contributed by atoms with E-state index in [0.717, 1.165) is 11.1 Å². The molecule has 10 nitrogen and oxygen atoms in total. The van der Waals surface area contributed by atoms with Crippen LogP contribution in [-0.2, 0) is 36.2 Å². The molecule has 2 aromatic rings. The van der Waals surface area contributed by atoms with Gasteiger partial charge >= 0.3 is 12.1 Å². The van der Waals surface area contributed by atoms with Crippen LogP contribution >= 0.6 is 11.8 Å². The number of rotatable bonds is 11. The van der Waals surface area contributed by atoms with Crippen molar-refractivity contribution in [2.75, 3.05) is 19.0 Å². The third-order valence-electron chi connectivity index (χ3n) is 6.44. The van der Waals surface area contributed by atoms with E-state index in [9.17, 15) is 24.3 Å². The summed E-state index contributed by atoms with van der Waals surface area (Å²) < 4.78 is 10.8. The fraction of sp³-hybridized carbons (Fsp3) is 0.419. The number of hydrogen-bond donors (Lipinski definition) is 4. The van der Waals surface area contributed by atoms with Crippen LogP contribution in [0.4, 0.5) is 4.79 Å². The second kappa shape index (κ2) is 17.9. The van der Waals surface area contributed by atoms with Crippen LogP contribution in [0.25, 0.3) is 0 Å². The number of benzene rings is 2. The lowest BCUT2D eigenvalue weighted by molar-refractivity contribution is -0.147. The van der Waals surface area contributed by atoms with Gasteiger partial charge in [0, 0.05) is 24.0 Å². The lowest BCUT2D eigenvalue weighted by atomic mass is 9.98. The predicted molar refractivity (Wildman–Crippen MR) is 160 cm³/mol. The number of alkyl carbamates (subject to hydrolysis) is 1. The van der Waals surface area contributed by atoms with Crippen molar-refractivity contribution in [2.24, 2.45) is 5.92 Å². The highest BCUT2D eigenvalue weighted by Crippen LogP contribution is 2.17. The molecule has 3 rings (SSSR count). The normalized spacial score (nSPS) is 20.2. The third kappa shape index (κ3) is 12.0. The van der Waals surface area contributed by atoms with E-state index < -0.39 is 36.1 Å². The lowest BCUT2D eigenvalue weighted by Crippen LogP contribution is -2.47. The van der Waals surface area contributed by atoms with Gasteiger partial charge in [0.05, 0.1) is 18.6 Å². The molecule has 1 aliphatic rings. The molecule has 11 heteroatoms. The summed E-state index contributed by atoms with van der Waals surface area (Å²) in [5.41, 5.74) is 1.93. The van der Waals surface area contributed by atoms with E-state index in [-0.39, 0.29) is 50.9 Å². The number of thioether (sulfide) groups is 1. The van der Waals surface area contributed by atoms with Gasteiger partial charge in [0.15, 0.2) is 0 Å². The molecule has 0 bridgehead atoms. The number of aliphatic hydroxyl groups excluding tert-OH is 1. The topological polar surface area (TPSA) is 143 Å². The molecule has 4 N–H and O–H groups in total. The molecular formula is C31H39N3O7S. The highest BCUT2D eigenvalue weighted by molar-refractivity contribution is 7.98. The first-order valence-electron chi connectivity index (χ1n) is 13.9. The maximum atomic E-state index is 13.2. The first-order valence-corrected chi connectivity index (χ1v) is 15.1. The highest BCUT2D eigenvalue weighted by Gasteiger charge is 2.28. The molecule has 1 aliphatic heterocycles. The van der Waals surface area contributed by atoms with Crippen LogP contribution in [0.3, 0.4) is 0 Å². The SMILES string of the molecule is C[C@@H](CO)NC(=O)C[C@H]1CC=CC[C@@H](NC(=O)OCc2ccccc2)C(=O)OC[C@H](CSCc2ccccc2)NC1=O. The van der Waals surface area contributed by atoms with Gasteiger partial charge in [-0.05, 0) is 30.9 Å². The predicted octanol–water partition coefficient (Wildman–Crippen LogP) is 3.10. The number of hydrogen-bond acceptors (Lipinski definition) is 8. The maximum absolute atomic E-state index is 13.2. The van der Waals surface area contributed by atoms with Gasteiger partial charge in [-0.1, -0.05) is 72.8 Å². The zero-order valence-electron chi connectivity index (χ0n) is 23.7. The van der Waals surface area contributed by atoms with E-state index in [2.05, 4.69) is 16.0 Å². The molecule has 0 radical (unpaired) electrons. The van der Waals surface area contributed by atoms with Crippen molar-refractivity contribution in [1.29, 1.82) is 0 Å². The molecule has 0 spiro atoms. The molecule has 0 saturated heterocycles. The van der Waals surface area contributed by atoms with Crippen molar-refractivity contribution in [3.63, 3.8) is 0 Å². The number of carbonyl (C=O) groups excluding carboxylic acids is 4. The summed E-state index contributed by atoms with van der Waals surface area (Å²) >= 11 is 1.58.